The molecule has 1 aliphatic heterocycles. The van der Waals surface area contributed by atoms with E-state index in [0.717, 1.165) is 5.69 Å². The van der Waals surface area contributed by atoms with Gasteiger partial charge in [-0.15, -0.1) is 24.8 Å². The lowest BCUT2D eigenvalue weighted by Crippen LogP contribution is -2.51. The van der Waals surface area contributed by atoms with Crippen molar-refractivity contribution in [2.45, 2.75) is 4.90 Å². The Bertz CT molecular complexity index is 815. The van der Waals surface area contributed by atoms with Gasteiger partial charge in [0.1, 0.15) is 4.90 Å². The number of hydrogen-bond acceptors (Lipinski definition) is 5. The minimum atomic E-state index is -3.55. The van der Waals surface area contributed by atoms with Gasteiger partial charge in [-0.25, -0.2) is 8.42 Å². The topological polar surface area (TPSA) is 82.6 Å². The van der Waals surface area contributed by atoms with E-state index in [4.69, 9.17) is 0 Å². The van der Waals surface area contributed by atoms with Gasteiger partial charge in [0.15, 0.2) is 0 Å². The number of para-hydroxylation sites is 1. The second-order valence-corrected chi connectivity index (χ2v) is 7.63. The maximum atomic E-state index is 12.5. The third-order valence-electron chi connectivity index (χ3n) is 4.08. The van der Waals surface area contributed by atoms with E-state index in [2.05, 4.69) is 10.3 Å². The van der Waals surface area contributed by atoms with Gasteiger partial charge in [0.25, 0.3) is 0 Å². The molecule has 10 heteroatoms. The standard InChI is InChI=1S/C17H20N4O3S.2ClH/c22-17(14-19-15-5-2-1-3-6-15)20-9-11-21(12-10-20)25(23,24)16-7-4-8-18-13-16;;/h1-8,13,19H,9-12,14H2;2*1H. The first-order valence-electron chi connectivity index (χ1n) is 8.04. The Morgan fingerprint density at radius 1 is 1.00 bits per heavy atom. The van der Waals surface area contributed by atoms with Crippen LogP contribution in [0.25, 0.3) is 0 Å². The summed E-state index contributed by atoms with van der Waals surface area (Å²) in [6.07, 6.45) is 2.88. The van der Waals surface area contributed by atoms with Gasteiger partial charge in [0, 0.05) is 44.3 Å². The number of anilines is 1. The number of pyridine rings is 1. The molecule has 148 valence electrons. The molecule has 2 heterocycles. The van der Waals surface area contributed by atoms with Crippen LogP contribution in [-0.2, 0) is 14.8 Å². The van der Waals surface area contributed by atoms with Crippen LogP contribution in [0.2, 0.25) is 0 Å². The number of sulfonamides is 1. The number of aromatic nitrogens is 1. The number of halogens is 2. The van der Waals surface area contributed by atoms with Crippen LogP contribution in [0.4, 0.5) is 5.69 Å². The molecule has 0 atom stereocenters. The number of carbonyl (C=O) groups excluding carboxylic acids is 1. The highest BCUT2D eigenvalue weighted by Gasteiger charge is 2.30. The first kappa shape index (κ1) is 23.2. The van der Waals surface area contributed by atoms with Gasteiger partial charge in [0.2, 0.25) is 15.9 Å². The molecule has 1 aromatic heterocycles. The largest absolute Gasteiger partial charge is 0.376 e. The average Bonchev–Trinajstić information content (AvgIpc) is 2.68. The monoisotopic (exact) mass is 432 g/mol. The van der Waals surface area contributed by atoms with Crippen molar-refractivity contribution in [3.63, 3.8) is 0 Å². The molecule has 0 radical (unpaired) electrons. The molecule has 1 saturated heterocycles. The van der Waals surface area contributed by atoms with Crippen molar-refractivity contribution in [1.29, 1.82) is 0 Å². The molecule has 0 spiro atoms. The van der Waals surface area contributed by atoms with Gasteiger partial charge in [-0.3, -0.25) is 9.78 Å². The van der Waals surface area contributed by atoms with Crippen LogP contribution in [0, 0.1) is 0 Å². The highest BCUT2D eigenvalue weighted by atomic mass is 35.5. The summed E-state index contributed by atoms with van der Waals surface area (Å²) >= 11 is 0. The molecule has 0 unspecified atom stereocenters. The number of benzene rings is 1. The van der Waals surface area contributed by atoms with Crippen molar-refractivity contribution in [1.82, 2.24) is 14.2 Å². The molecule has 0 saturated carbocycles. The fourth-order valence-electron chi connectivity index (χ4n) is 2.67. The number of piperazine rings is 1. The summed E-state index contributed by atoms with van der Waals surface area (Å²) in [7, 11) is -3.55. The van der Waals surface area contributed by atoms with Crippen molar-refractivity contribution in [2.24, 2.45) is 0 Å². The zero-order chi connectivity index (χ0) is 17.7. The Morgan fingerprint density at radius 2 is 1.67 bits per heavy atom. The van der Waals surface area contributed by atoms with Crippen molar-refractivity contribution >= 4 is 46.4 Å². The predicted octanol–water partition coefficient (Wildman–Crippen LogP) is 1.87. The molecular weight excluding hydrogens is 411 g/mol. The summed E-state index contributed by atoms with van der Waals surface area (Å²) in [5.41, 5.74) is 0.883. The predicted molar refractivity (Wildman–Crippen MR) is 109 cm³/mol. The summed E-state index contributed by atoms with van der Waals surface area (Å²) in [5.74, 6) is -0.0396. The number of rotatable bonds is 5. The van der Waals surface area contributed by atoms with Crippen LogP contribution in [-0.4, -0.2) is 61.2 Å². The van der Waals surface area contributed by atoms with Crippen LogP contribution in [0.1, 0.15) is 0 Å². The van der Waals surface area contributed by atoms with Gasteiger partial charge in [-0.05, 0) is 24.3 Å². The van der Waals surface area contributed by atoms with Gasteiger partial charge in [0.05, 0.1) is 6.54 Å². The highest BCUT2D eigenvalue weighted by Crippen LogP contribution is 2.16. The zero-order valence-corrected chi connectivity index (χ0v) is 17.0. The number of nitrogens with one attached hydrogen (secondary N) is 1. The minimum Gasteiger partial charge on any atom is -0.376 e. The van der Waals surface area contributed by atoms with Gasteiger partial charge in [-0.1, -0.05) is 18.2 Å². The Balaban J connectivity index is 0.00000182. The third-order valence-corrected chi connectivity index (χ3v) is 5.96. The van der Waals surface area contributed by atoms with E-state index in [1.807, 2.05) is 30.3 Å². The molecule has 7 nitrogen and oxygen atoms in total. The van der Waals surface area contributed by atoms with Crippen molar-refractivity contribution in [3.05, 3.63) is 54.9 Å². The lowest BCUT2D eigenvalue weighted by Gasteiger charge is -2.34. The molecule has 1 aromatic carbocycles. The summed E-state index contributed by atoms with van der Waals surface area (Å²) in [5, 5.41) is 3.08. The van der Waals surface area contributed by atoms with Crippen LogP contribution in [0.5, 0.6) is 0 Å². The molecule has 3 rings (SSSR count). The average molecular weight is 433 g/mol. The number of hydrogen-bond donors (Lipinski definition) is 1. The first-order valence-corrected chi connectivity index (χ1v) is 9.48. The van der Waals surface area contributed by atoms with E-state index >= 15 is 0 Å². The molecule has 0 aliphatic carbocycles. The van der Waals surface area contributed by atoms with Crippen LogP contribution in [0.15, 0.2) is 59.8 Å². The fraction of sp³-hybridized carbons (Fsp3) is 0.294. The van der Waals surface area contributed by atoms with E-state index in [9.17, 15) is 13.2 Å². The van der Waals surface area contributed by atoms with Crippen LogP contribution in [0.3, 0.4) is 0 Å². The highest BCUT2D eigenvalue weighted by molar-refractivity contribution is 7.89. The second-order valence-electron chi connectivity index (χ2n) is 5.69. The van der Waals surface area contributed by atoms with Gasteiger partial charge >= 0.3 is 0 Å². The summed E-state index contributed by atoms with van der Waals surface area (Å²) < 4.78 is 26.5. The normalized spacial score (nSPS) is 14.6. The Kier molecular flexibility index (Phi) is 8.98. The maximum absolute atomic E-state index is 12.5. The van der Waals surface area contributed by atoms with E-state index < -0.39 is 10.0 Å². The van der Waals surface area contributed by atoms with E-state index in [1.54, 1.807) is 11.0 Å². The Hall–Kier alpha value is -1.87. The Morgan fingerprint density at radius 3 is 2.26 bits per heavy atom. The second kappa shape index (κ2) is 10.5. The maximum Gasteiger partial charge on any atom is 0.244 e. The van der Waals surface area contributed by atoms with E-state index in [1.165, 1.54) is 22.8 Å². The zero-order valence-electron chi connectivity index (χ0n) is 14.5. The van der Waals surface area contributed by atoms with E-state index in [-0.39, 0.29) is 55.3 Å². The fourth-order valence-corrected chi connectivity index (χ4v) is 4.06. The first-order chi connectivity index (χ1) is 12.1. The minimum absolute atomic E-state index is 0. The number of nitrogens with zero attached hydrogens (tertiary/aromatic N) is 3. The van der Waals surface area contributed by atoms with E-state index in [0.29, 0.717) is 13.1 Å². The lowest BCUT2D eigenvalue weighted by atomic mass is 10.3. The lowest BCUT2D eigenvalue weighted by molar-refractivity contribution is -0.130. The summed E-state index contributed by atoms with van der Waals surface area (Å²) in [4.78, 5) is 18.0. The van der Waals surface area contributed by atoms with Gasteiger partial charge < -0.3 is 10.2 Å². The SMILES string of the molecule is Cl.Cl.O=C(CNc1ccccc1)N1CCN(S(=O)(=O)c2cccnc2)CC1. The summed E-state index contributed by atoms with van der Waals surface area (Å²) in [6, 6.07) is 12.6. The van der Waals surface area contributed by atoms with Crippen molar-refractivity contribution < 1.29 is 13.2 Å². The Labute approximate surface area is 171 Å². The van der Waals surface area contributed by atoms with Crippen molar-refractivity contribution in [2.75, 3.05) is 38.0 Å². The quantitative estimate of drug-likeness (QED) is 0.779. The third kappa shape index (κ3) is 5.80. The van der Waals surface area contributed by atoms with Crippen LogP contribution >= 0.6 is 24.8 Å². The van der Waals surface area contributed by atoms with Gasteiger partial charge in [-0.2, -0.15) is 4.31 Å². The molecule has 1 amide bonds. The number of amides is 1. The molecule has 1 aliphatic rings. The number of carbonyl (C=O) groups is 1. The summed E-state index contributed by atoms with van der Waals surface area (Å²) in [6.45, 7) is 1.53. The molecule has 2 aromatic rings. The molecular formula is C17H22Cl2N4O3S. The molecule has 1 N–H and O–H groups in total. The van der Waals surface area contributed by atoms with Crippen LogP contribution < -0.4 is 5.32 Å². The van der Waals surface area contributed by atoms with Crippen molar-refractivity contribution in [3.8, 4) is 0 Å². The molecule has 1 fully saturated rings. The smallest absolute Gasteiger partial charge is 0.244 e. The molecule has 0 bridgehead atoms. The molecule has 27 heavy (non-hydrogen) atoms.